The lowest BCUT2D eigenvalue weighted by atomic mass is 10.2. The van der Waals surface area contributed by atoms with E-state index in [-0.39, 0.29) is 28.5 Å². The van der Waals surface area contributed by atoms with Crippen LogP contribution in [0.3, 0.4) is 0 Å². The number of carbonyl (C=O) groups excluding carboxylic acids is 2. The van der Waals surface area contributed by atoms with Crippen molar-refractivity contribution in [3.63, 3.8) is 0 Å². The fraction of sp³-hybridized carbons (Fsp3) is 0.143. The number of fused-ring (bicyclic) bond motifs is 1. The standard InChI is InChI=1S/C21H17FN2O5S/c22-14-5-3-6-15(11-14)23-20(25)13-24-16-7-1-2-9-18(16)30(27,28)19(12-21(24)26)17-8-4-10-29-17/h1-11,19H,12-13H2,(H,23,25). The van der Waals surface area contributed by atoms with Crippen LogP contribution in [0.25, 0.3) is 0 Å². The summed E-state index contributed by atoms with van der Waals surface area (Å²) in [7, 11) is -3.95. The molecule has 2 aromatic carbocycles. The van der Waals surface area contributed by atoms with Gasteiger partial charge in [0.15, 0.2) is 9.84 Å². The van der Waals surface area contributed by atoms with Gasteiger partial charge in [-0.05, 0) is 42.5 Å². The number of sulfone groups is 1. The van der Waals surface area contributed by atoms with Crippen molar-refractivity contribution in [2.24, 2.45) is 0 Å². The molecule has 1 aromatic heterocycles. The van der Waals surface area contributed by atoms with Crippen LogP contribution < -0.4 is 10.2 Å². The van der Waals surface area contributed by atoms with Gasteiger partial charge in [-0.3, -0.25) is 9.59 Å². The number of hydrogen-bond acceptors (Lipinski definition) is 5. The summed E-state index contributed by atoms with van der Waals surface area (Å²) in [6, 6.07) is 14.4. The van der Waals surface area contributed by atoms with Crippen molar-refractivity contribution in [2.45, 2.75) is 16.6 Å². The Kier molecular flexibility index (Phi) is 5.13. The third-order valence-corrected chi connectivity index (χ3v) is 6.88. The molecule has 2 amide bonds. The summed E-state index contributed by atoms with van der Waals surface area (Å²) in [5, 5.41) is 1.32. The highest BCUT2D eigenvalue weighted by Crippen LogP contribution is 2.40. The topological polar surface area (TPSA) is 96.7 Å². The molecule has 4 rings (SSSR count). The molecule has 1 aliphatic heterocycles. The van der Waals surface area contributed by atoms with Crippen molar-refractivity contribution in [3.8, 4) is 0 Å². The first-order valence-electron chi connectivity index (χ1n) is 9.08. The zero-order valence-electron chi connectivity index (χ0n) is 15.6. The molecule has 0 saturated heterocycles. The summed E-state index contributed by atoms with van der Waals surface area (Å²) in [4.78, 5) is 26.6. The van der Waals surface area contributed by atoms with E-state index in [0.29, 0.717) is 0 Å². The van der Waals surface area contributed by atoms with E-state index >= 15 is 0 Å². The van der Waals surface area contributed by atoms with E-state index in [4.69, 9.17) is 4.42 Å². The number of hydrogen-bond donors (Lipinski definition) is 1. The molecule has 0 spiro atoms. The lowest BCUT2D eigenvalue weighted by Gasteiger charge is -2.21. The molecule has 1 unspecified atom stereocenters. The first kappa shape index (κ1) is 19.8. The van der Waals surface area contributed by atoms with Gasteiger partial charge in [-0.25, -0.2) is 12.8 Å². The summed E-state index contributed by atoms with van der Waals surface area (Å²) in [6.45, 7) is -0.424. The van der Waals surface area contributed by atoms with Gasteiger partial charge in [0.05, 0.1) is 23.3 Å². The van der Waals surface area contributed by atoms with Gasteiger partial charge >= 0.3 is 0 Å². The molecule has 154 valence electrons. The number of anilines is 2. The van der Waals surface area contributed by atoms with E-state index in [1.54, 1.807) is 18.2 Å². The Balaban J connectivity index is 1.69. The maximum atomic E-state index is 13.4. The average Bonchev–Trinajstić information content (AvgIpc) is 3.22. The molecule has 3 aromatic rings. The summed E-state index contributed by atoms with van der Waals surface area (Å²) >= 11 is 0. The van der Waals surface area contributed by atoms with Crippen LogP contribution in [0.1, 0.15) is 17.4 Å². The number of para-hydroxylation sites is 1. The van der Waals surface area contributed by atoms with Crippen LogP contribution in [0.15, 0.2) is 76.2 Å². The highest BCUT2D eigenvalue weighted by molar-refractivity contribution is 7.91. The Morgan fingerprint density at radius 3 is 2.67 bits per heavy atom. The number of benzene rings is 2. The van der Waals surface area contributed by atoms with Crippen molar-refractivity contribution < 1.29 is 26.8 Å². The summed E-state index contributed by atoms with van der Waals surface area (Å²) in [5.41, 5.74) is 0.350. The second-order valence-electron chi connectivity index (χ2n) is 6.76. The Bertz CT molecular complexity index is 1210. The van der Waals surface area contributed by atoms with Gasteiger partial charge in [0.2, 0.25) is 11.8 Å². The fourth-order valence-electron chi connectivity index (χ4n) is 3.40. The van der Waals surface area contributed by atoms with Gasteiger partial charge in [-0.2, -0.15) is 0 Å². The van der Waals surface area contributed by atoms with Crippen LogP contribution in [0.5, 0.6) is 0 Å². The lowest BCUT2D eigenvalue weighted by Crippen LogP contribution is -2.38. The van der Waals surface area contributed by atoms with Crippen LogP contribution in [-0.4, -0.2) is 26.8 Å². The van der Waals surface area contributed by atoms with E-state index in [1.165, 1.54) is 42.7 Å². The number of amides is 2. The molecule has 7 nitrogen and oxygen atoms in total. The van der Waals surface area contributed by atoms with Crippen LogP contribution in [-0.2, 0) is 19.4 Å². The Labute approximate surface area is 172 Å². The van der Waals surface area contributed by atoms with E-state index < -0.39 is 39.3 Å². The van der Waals surface area contributed by atoms with Crippen molar-refractivity contribution in [3.05, 3.63) is 78.5 Å². The molecule has 0 aliphatic carbocycles. The van der Waals surface area contributed by atoms with E-state index in [0.717, 1.165) is 11.0 Å². The van der Waals surface area contributed by atoms with Crippen LogP contribution in [0.2, 0.25) is 0 Å². The van der Waals surface area contributed by atoms with Gasteiger partial charge < -0.3 is 14.6 Å². The normalized spacial score (nSPS) is 17.8. The minimum atomic E-state index is -3.95. The molecule has 0 bridgehead atoms. The number of nitrogens with zero attached hydrogens (tertiary/aromatic N) is 1. The molecule has 0 fully saturated rings. The summed E-state index contributed by atoms with van der Waals surface area (Å²) < 4.78 is 45.1. The highest BCUT2D eigenvalue weighted by atomic mass is 32.2. The van der Waals surface area contributed by atoms with Gasteiger partial charge in [-0.1, -0.05) is 18.2 Å². The van der Waals surface area contributed by atoms with Crippen molar-refractivity contribution in [2.75, 3.05) is 16.8 Å². The number of furan rings is 1. The number of rotatable bonds is 4. The second kappa shape index (κ2) is 7.75. The molecule has 1 aliphatic rings. The maximum Gasteiger partial charge on any atom is 0.244 e. The van der Waals surface area contributed by atoms with Gasteiger partial charge in [0.1, 0.15) is 23.4 Å². The van der Waals surface area contributed by atoms with Gasteiger partial charge in [0.25, 0.3) is 0 Å². The molecule has 9 heteroatoms. The number of carbonyl (C=O) groups is 2. The predicted molar refractivity (Wildman–Crippen MR) is 107 cm³/mol. The third kappa shape index (κ3) is 3.71. The Hall–Kier alpha value is -3.46. The maximum absolute atomic E-state index is 13.4. The SMILES string of the molecule is O=C(CN1C(=O)CC(c2ccco2)S(=O)(=O)c2ccccc21)Nc1cccc(F)c1. The van der Waals surface area contributed by atoms with E-state index in [1.807, 2.05) is 0 Å². The van der Waals surface area contributed by atoms with E-state index in [9.17, 15) is 22.4 Å². The molecular weight excluding hydrogens is 411 g/mol. The summed E-state index contributed by atoms with van der Waals surface area (Å²) in [6.07, 6.45) is 0.966. The summed E-state index contributed by atoms with van der Waals surface area (Å²) in [5.74, 6) is -1.49. The van der Waals surface area contributed by atoms with Crippen molar-refractivity contribution in [1.29, 1.82) is 0 Å². The average molecular weight is 428 g/mol. The zero-order chi connectivity index (χ0) is 21.3. The van der Waals surface area contributed by atoms with Crippen LogP contribution in [0, 0.1) is 5.82 Å². The second-order valence-corrected chi connectivity index (χ2v) is 8.86. The molecule has 1 atom stereocenters. The molecule has 0 saturated carbocycles. The molecule has 1 N–H and O–H groups in total. The highest BCUT2D eigenvalue weighted by Gasteiger charge is 2.41. The molecular formula is C21H17FN2O5S. The predicted octanol–water partition coefficient (Wildman–Crippen LogP) is 3.31. The molecule has 2 heterocycles. The van der Waals surface area contributed by atoms with Gasteiger partial charge in [0, 0.05) is 5.69 Å². The molecule has 0 radical (unpaired) electrons. The largest absolute Gasteiger partial charge is 0.468 e. The quantitative estimate of drug-likeness (QED) is 0.688. The lowest BCUT2D eigenvalue weighted by molar-refractivity contribution is -0.121. The first-order valence-corrected chi connectivity index (χ1v) is 10.6. The van der Waals surface area contributed by atoms with Crippen LogP contribution >= 0.6 is 0 Å². The Morgan fingerprint density at radius 2 is 1.93 bits per heavy atom. The van der Waals surface area contributed by atoms with E-state index in [2.05, 4.69) is 5.32 Å². The van der Waals surface area contributed by atoms with Crippen LogP contribution in [0.4, 0.5) is 15.8 Å². The number of halogens is 1. The fourth-order valence-corrected chi connectivity index (χ4v) is 5.25. The van der Waals surface area contributed by atoms with Crippen molar-refractivity contribution in [1.82, 2.24) is 0 Å². The first-order chi connectivity index (χ1) is 14.4. The third-order valence-electron chi connectivity index (χ3n) is 4.77. The monoisotopic (exact) mass is 428 g/mol. The van der Waals surface area contributed by atoms with Gasteiger partial charge in [-0.15, -0.1) is 0 Å². The molecule has 30 heavy (non-hydrogen) atoms. The minimum absolute atomic E-state index is 0.0594. The van der Waals surface area contributed by atoms with Crippen molar-refractivity contribution >= 4 is 33.0 Å². The number of nitrogens with one attached hydrogen (secondary N) is 1. The smallest absolute Gasteiger partial charge is 0.244 e. The Morgan fingerprint density at radius 1 is 1.13 bits per heavy atom. The minimum Gasteiger partial charge on any atom is -0.468 e. The zero-order valence-corrected chi connectivity index (χ0v) is 16.4.